The van der Waals surface area contributed by atoms with Gasteiger partial charge in [-0.3, -0.25) is 24.0 Å². The summed E-state index contributed by atoms with van der Waals surface area (Å²) in [4.78, 5) is 41.2. The highest BCUT2D eigenvalue weighted by Crippen LogP contribution is 2.36. The second kappa shape index (κ2) is 16.7. The van der Waals surface area contributed by atoms with Gasteiger partial charge in [0.25, 0.3) is 15.7 Å². The summed E-state index contributed by atoms with van der Waals surface area (Å²) in [6, 6.07) is 23.4. The normalized spacial score (nSPS) is 13.7. The summed E-state index contributed by atoms with van der Waals surface area (Å²) >= 11 is 9.81. The molecule has 2 amide bonds. The lowest BCUT2D eigenvalue weighted by Crippen LogP contribution is -2.54. The maximum atomic E-state index is 14.8. The van der Waals surface area contributed by atoms with Crippen LogP contribution >= 0.6 is 27.5 Å². The molecule has 51 heavy (non-hydrogen) atoms. The standard InChI is InChI=1S/C37H38BrClN4O7S/c1-25-12-18-31(22-32(25)43(46)47)51(48,49)42(33-21-29(39)17-19-35(33)50-2)24-36(44)41(23-27-13-15-28(38)16-14-27)34(20-26-8-4-3-5-9-26)37(45)40-30-10-6-7-11-30/h3-5,8-9,12-19,21-22,30,34H,6-7,10-11,20,23-24H2,1-2H3,(H,40,45)/t34-/m0/s1. The number of nitrogens with zero attached hydrogens (tertiary/aromatic N) is 3. The molecule has 268 valence electrons. The van der Waals surface area contributed by atoms with Crippen LogP contribution in [-0.4, -0.2) is 55.8 Å². The van der Waals surface area contributed by atoms with E-state index in [0.29, 0.717) is 5.56 Å². The van der Waals surface area contributed by atoms with Crippen molar-refractivity contribution in [3.8, 4) is 5.75 Å². The number of rotatable bonds is 14. The maximum Gasteiger partial charge on any atom is 0.273 e. The number of benzene rings is 4. The molecule has 0 radical (unpaired) electrons. The second-order valence-electron chi connectivity index (χ2n) is 12.4. The molecule has 0 saturated heterocycles. The van der Waals surface area contributed by atoms with Crippen LogP contribution in [0.1, 0.15) is 42.4 Å². The quantitative estimate of drug-likeness (QED) is 0.105. The number of nitro benzene ring substituents is 1. The van der Waals surface area contributed by atoms with E-state index < -0.39 is 44.0 Å². The molecule has 1 aliphatic rings. The maximum absolute atomic E-state index is 14.8. The number of aryl methyl sites for hydroxylation is 1. The summed E-state index contributed by atoms with van der Waals surface area (Å²) < 4.78 is 36.2. The summed E-state index contributed by atoms with van der Waals surface area (Å²) in [5.41, 5.74) is 1.33. The van der Waals surface area contributed by atoms with Gasteiger partial charge in [-0.2, -0.15) is 0 Å². The van der Waals surface area contributed by atoms with Gasteiger partial charge in [-0.25, -0.2) is 8.42 Å². The third-order valence-electron chi connectivity index (χ3n) is 8.89. The molecule has 0 heterocycles. The number of hydrogen-bond acceptors (Lipinski definition) is 7. The zero-order chi connectivity index (χ0) is 36.7. The van der Waals surface area contributed by atoms with Crippen molar-refractivity contribution in [3.63, 3.8) is 0 Å². The molecule has 0 bridgehead atoms. The Kier molecular flexibility index (Phi) is 12.4. The molecule has 4 aromatic carbocycles. The van der Waals surface area contributed by atoms with Gasteiger partial charge in [0, 0.05) is 40.1 Å². The molecule has 11 nitrogen and oxygen atoms in total. The molecule has 1 N–H and O–H groups in total. The van der Waals surface area contributed by atoms with Crippen molar-refractivity contribution < 1.29 is 27.7 Å². The van der Waals surface area contributed by atoms with E-state index in [4.69, 9.17) is 16.3 Å². The molecule has 1 fully saturated rings. The van der Waals surface area contributed by atoms with Gasteiger partial charge in [-0.05, 0) is 67.3 Å². The van der Waals surface area contributed by atoms with Gasteiger partial charge in [0.15, 0.2) is 0 Å². The lowest BCUT2D eigenvalue weighted by atomic mass is 10.0. The van der Waals surface area contributed by atoms with Crippen molar-refractivity contribution in [2.24, 2.45) is 0 Å². The molecule has 14 heteroatoms. The van der Waals surface area contributed by atoms with Crippen molar-refractivity contribution in [2.45, 2.75) is 62.6 Å². The highest BCUT2D eigenvalue weighted by Gasteiger charge is 2.37. The van der Waals surface area contributed by atoms with E-state index in [1.807, 2.05) is 54.6 Å². The number of sulfonamides is 1. The van der Waals surface area contributed by atoms with Crippen LogP contribution in [0.5, 0.6) is 5.75 Å². The van der Waals surface area contributed by atoms with Gasteiger partial charge < -0.3 is 15.0 Å². The topological polar surface area (TPSA) is 139 Å². The number of ether oxygens (including phenoxy) is 1. The fourth-order valence-corrected chi connectivity index (χ4v) is 8.02. The number of nitro groups is 1. The lowest BCUT2D eigenvalue weighted by molar-refractivity contribution is -0.385. The zero-order valence-electron chi connectivity index (χ0n) is 28.1. The first-order valence-corrected chi connectivity index (χ1v) is 19.0. The molecule has 1 saturated carbocycles. The van der Waals surface area contributed by atoms with Crippen molar-refractivity contribution in [2.75, 3.05) is 18.0 Å². The first-order valence-electron chi connectivity index (χ1n) is 16.4. The minimum atomic E-state index is -4.67. The van der Waals surface area contributed by atoms with Gasteiger partial charge in [0.05, 0.1) is 22.6 Å². The zero-order valence-corrected chi connectivity index (χ0v) is 31.3. The van der Waals surface area contributed by atoms with Crippen LogP contribution in [0.15, 0.2) is 100 Å². The van der Waals surface area contributed by atoms with Gasteiger partial charge in [-0.1, -0.05) is 88.9 Å². The number of methoxy groups -OCH3 is 1. The predicted molar refractivity (Wildman–Crippen MR) is 199 cm³/mol. The molecule has 1 atom stereocenters. The summed E-state index contributed by atoms with van der Waals surface area (Å²) in [6.07, 6.45) is 3.79. The molecule has 4 aromatic rings. The van der Waals surface area contributed by atoms with Crippen LogP contribution in [-0.2, 0) is 32.6 Å². The molecule has 1 aliphatic carbocycles. The fourth-order valence-electron chi connectivity index (χ4n) is 6.15. The van der Waals surface area contributed by atoms with Crippen molar-refractivity contribution in [1.82, 2.24) is 10.2 Å². The van der Waals surface area contributed by atoms with Gasteiger partial charge >= 0.3 is 0 Å². The number of nitrogens with one attached hydrogen (secondary N) is 1. The van der Waals surface area contributed by atoms with E-state index in [1.54, 1.807) is 0 Å². The molecule has 5 rings (SSSR count). The molecule has 0 aliphatic heterocycles. The fraction of sp³-hybridized carbons (Fsp3) is 0.297. The Morgan fingerprint density at radius 1 is 1.00 bits per heavy atom. The van der Waals surface area contributed by atoms with E-state index in [0.717, 1.165) is 46.1 Å². The van der Waals surface area contributed by atoms with Crippen LogP contribution in [0.25, 0.3) is 0 Å². The molecule has 0 aromatic heterocycles. The largest absolute Gasteiger partial charge is 0.495 e. The minimum Gasteiger partial charge on any atom is -0.495 e. The Bertz CT molecular complexity index is 1990. The Morgan fingerprint density at radius 2 is 1.69 bits per heavy atom. The predicted octanol–water partition coefficient (Wildman–Crippen LogP) is 7.22. The lowest BCUT2D eigenvalue weighted by Gasteiger charge is -2.34. The van der Waals surface area contributed by atoms with Crippen molar-refractivity contribution in [3.05, 3.63) is 127 Å². The summed E-state index contributed by atoms with van der Waals surface area (Å²) in [5.74, 6) is -0.940. The van der Waals surface area contributed by atoms with E-state index in [-0.39, 0.29) is 46.9 Å². The van der Waals surface area contributed by atoms with Crippen LogP contribution < -0.4 is 14.4 Å². The summed E-state index contributed by atoms with van der Waals surface area (Å²) in [5, 5.41) is 15.1. The first-order chi connectivity index (χ1) is 24.4. The van der Waals surface area contributed by atoms with Crippen LogP contribution in [0.3, 0.4) is 0 Å². The molecular weight excluding hydrogens is 760 g/mol. The van der Waals surface area contributed by atoms with Gasteiger partial charge in [0.1, 0.15) is 18.3 Å². The van der Waals surface area contributed by atoms with E-state index in [1.165, 1.54) is 49.3 Å². The number of halogens is 2. The average Bonchev–Trinajstić information content (AvgIpc) is 3.62. The monoisotopic (exact) mass is 796 g/mol. The Hall–Kier alpha value is -4.46. The number of amides is 2. The third kappa shape index (κ3) is 9.26. The number of anilines is 1. The highest BCUT2D eigenvalue weighted by molar-refractivity contribution is 9.10. The highest BCUT2D eigenvalue weighted by atomic mass is 79.9. The Morgan fingerprint density at radius 3 is 2.33 bits per heavy atom. The van der Waals surface area contributed by atoms with Gasteiger partial charge in [-0.15, -0.1) is 0 Å². The first kappa shape index (κ1) is 37.8. The SMILES string of the molecule is COc1ccc(Cl)cc1N(CC(=O)N(Cc1ccc(Br)cc1)[C@@H](Cc1ccccc1)C(=O)NC1CCCC1)S(=O)(=O)c1ccc(C)c([N+](=O)[O-])c1. The smallest absolute Gasteiger partial charge is 0.273 e. The molecule has 0 spiro atoms. The number of hydrogen-bond donors (Lipinski definition) is 1. The second-order valence-corrected chi connectivity index (χ2v) is 15.6. The molecular formula is C37H38BrClN4O7S. The van der Waals surface area contributed by atoms with E-state index in [2.05, 4.69) is 21.2 Å². The minimum absolute atomic E-state index is 0.0156. The summed E-state index contributed by atoms with van der Waals surface area (Å²) in [7, 11) is -3.32. The number of carbonyl (C=O) groups is 2. The van der Waals surface area contributed by atoms with Crippen molar-refractivity contribution >= 4 is 60.7 Å². The van der Waals surface area contributed by atoms with Crippen LogP contribution in [0.4, 0.5) is 11.4 Å². The van der Waals surface area contributed by atoms with Crippen molar-refractivity contribution in [1.29, 1.82) is 0 Å². The third-order valence-corrected chi connectivity index (χ3v) is 11.4. The van der Waals surface area contributed by atoms with E-state index >= 15 is 0 Å². The van der Waals surface area contributed by atoms with Crippen LogP contribution in [0, 0.1) is 17.0 Å². The summed E-state index contributed by atoms with van der Waals surface area (Å²) in [6.45, 7) is 0.705. The molecule has 0 unspecified atom stereocenters. The van der Waals surface area contributed by atoms with E-state index in [9.17, 15) is 28.1 Å². The average molecular weight is 798 g/mol. The number of carbonyl (C=O) groups excluding carboxylic acids is 2. The Labute approximate surface area is 310 Å². The van der Waals surface area contributed by atoms with Gasteiger partial charge in [0.2, 0.25) is 11.8 Å². The van der Waals surface area contributed by atoms with Crippen LogP contribution in [0.2, 0.25) is 5.02 Å². The Balaban J connectivity index is 1.63.